The standard InChI is InChI=1S/C20H19ClN2O2/c1-24-17-7-5-14(6-8-17)12-18-22-19(25-23-18)20(9-10-20)13-15-3-2-4-16(21)11-15/h2-8,11H,9-10,12-13H2,1H3. The predicted molar refractivity (Wildman–Crippen MR) is 96.2 cm³/mol. The first-order valence-corrected chi connectivity index (χ1v) is 8.75. The second kappa shape index (κ2) is 6.52. The molecule has 0 unspecified atom stereocenters. The van der Waals surface area contributed by atoms with Crippen LogP contribution in [-0.2, 0) is 18.3 Å². The summed E-state index contributed by atoms with van der Waals surface area (Å²) in [5, 5.41) is 4.94. The Morgan fingerprint density at radius 1 is 1.12 bits per heavy atom. The average Bonchev–Trinajstić information content (AvgIpc) is 3.24. The molecule has 1 aliphatic rings. The largest absolute Gasteiger partial charge is 0.497 e. The normalized spacial score (nSPS) is 15.1. The van der Waals surface area contributed by atoms with Crippen molar-refractivity contribution < 1.29 is 9.26 Å². The lowest BCUT2D eigenvalue weighted by atomic mass is 9.96. The SMILES string of the molecule is COc1ccc(Cc2noc(C3(Cc4cccc(Cl)c4)CC3)n2)cc1. The fourth-order valence-electron chi connectivity index (χ4n) is 3.12. The first-order valence-electron chi connectivity index (χ1n) is 8.37. The van der Waals surface area contributed by atoms with Gasteiger partial charge in [0.25, 0.3) is 0 Å². The maximum absolute atomic E-state index is 6.10. The second-order valence-electron chi connectivity index (χ2n) is 6.63. The van der Waals surface area contributed by atoms with Crippen LogP contribution in [0, 0.1) is 0 Å². The van der Waals surface area contributed by atoms with Crippen LogP contribution in [0.3, 0.4) is 0 Å². The first-order chi connectivity index (χ1) is 12.2. The van der Waals surface area contributed by atoms with Crippen molar-refractivity contribution in [2.45, 2.75) is 31.1 Å². The van der Waals surface area contributed by atoms with Crippen molar-refractivity contribution in [1.29, 1.82) is 0 Å². The number of ether oxygens (including phenoxy) is 1. The molecule has 0 aliphatic heterocycles. The van der Waals surface area contributed by atoms with Crippen molar-refractivity contribution >= 4 is 11.6 Å². The Bertz CT molecular complexity index is 869. The van der Waals surface area contributed by atoms with Crippen LogP contribution in [0.25, 0.3) is 0 Å². The molecule has 4 nitrogen and oxygen atoms in total. The third-order valence-corrected chi connectivity index (χ3v) is 4.96. The van der Waals surface area contributed by atoms with Crippen molar-refractivity contribution in [1.82, 2.24) is 10.1 Å². The zero-order chi connectivity index (χ0) is 17.3. The Balaban J connectivity index is 1.48. The van der Waals surface area contributed by atoms with E-state index < -0.39 is 0 Å². The van der Waals surface area contributed by atoms with E-state index >= 15 is 0 Å². The molecule has 3 aromatic rings. The molecule has 0 N–H and O–H groups in total. The van der Waals surface area contributed by atoms with Gasteiger partial charge >= 0.3 is 0 Å². The Morgan fingerprint density at radius 2 is 1.92 bits per heavy atom. The van der Waals surface area contributed by atoms with Gasteiger partial charge in [0.2, 0.25) is 5.89 Å². The van der Waals surface area contributed by atoms with Crippen molar-refractivity contribution in [3.05, 3.63) is 76.4 Å². The van der Waals surface area contributed by atoms with E-state index in [9.17, 15) is 0 Å². The van der Waals surface area contributed by atoms with Crippen molar-refractivity contribution in [3.63, 3.8) is 0 Å². The molecule has 1 saturated carbocycles. The van der Waals surface area contributed by atoms with Crippen molar-refractivity contribution in [3.8, 4) is 5.75 Å². The number of benzene rings is 2. The summed E-state index contributed by atoms with van der Waals surface area (Å²) in [6.45, 7) is 0. The van der Waals surface area contributed by atoms with Crippen LogP contribution in [0.5, 0.6) is 5.75 Å². The van der Waals surface area contributed by atoms with Crippen LogP contribution >= 0.6 is 11.6 Å². The Labute approximate surface area is 151 Å². The lowest BCUT2D eigenvalue weighted by Crippen LogP contribution is -2.11. The average molecular weight is 355 g/mol. The van der Waals surface area contributed by atoms with Gasteiger partial charge in [0.05, 0.1) is 12.5 Å². The summed E-state index contributed by atoms with van der Waals surface area (Å²) in [5.74, 6) is 2.31. The van der Waals surface area contributed by atoms with Crippen LogP contribution in [0.2, 0.25) is 5.02 Å². The third kappa shape index (κ3) is 3.54. The summed E-state index contributed by atoms with van der Waals surface area (Å²) in [6.07, 6.45) is 3.69. The maximum atomic E-state index is 6.10. The van der Waals surface area contributed by atoms with Gasteiger partial charge in [-0.1, -0.05) is 41.0 Å². The van der Waals surface area contributed by atoms with Gasteiger partial charge in [-0.2, -0.15) is 4.98 Å². The minimum Gasteiger partial charge on any atom is -0.497 e. The Kier molecular flexibility index (Phi) is 4.22. The molecule has 4 rings (SSSR count). The van der Waals surface area contributed by atoms with Gasteiger partial charge in [0.1, 0.15) is 5.75 Å². The zero-order valence-electron chi connectivity index (χ0n) is 14.0. The Morgan fingerprint density at radius 3 is 2.60 bits per heavy atom. The van der Waals surface area contributed by atoms with E-state index in [1.165, 1.54) is 5.56 Å². The summed E-state index contributed by atoms with van der Waals surface area (Å²) in [4.78, 5) is 4.66. The molecule has 1 fully saturated rings. The maximum Gasteiger partial charge on any atom is 0.233 e. The number of aromatic nitrogens is 2. The fraction of sp³-hybridized carbons (Fsp3) is 0.300. The van der Waals surface area contributed by atoms with E-state index in [1.807, 2.05) is 42.5 Å². The van der Waals surface area contributed by atoms with Crippen molar-refractivity contribution in [2.75, 3.05) is 7.11 Å². The van der Waals surface area contributed by atoms with Crippen LogP contribution in [0.15, 0.2) is 53.1 Å². The van der Waals surface area contributed by atoms with Crippen molar-refractivity contribution in [2.24, 2.45) is 0 Å². The summed E-state index contributed by atoms with van der Waals surface area (Å²) in [6, 6.07) is 15.9. The first kappa shape index (κ1) is 16.2. The molecule has 0 amide bonds. The molecule has 1 heterocycles. The van der Waals surface area contributed by atoms with Crippen LogP contribution < -0.4 is 4.74 Å². The minimum atomic E-state index is -0.0180. The molecule has 5 heteroatoms. The molecular weight excluding hydrogens is 336 g/mol. The van der Waals surface area contributed by atoms with Crippen LogP contribution in [-0.4, -0.2) is 17.3 Å². The zero-order valence-corrected chi connectivity index (χ0v) is 14.8. The number of nitrogens with zero attached hydrogens (tertiary/aromatic N) is 2. The highest BCUT2D eigenvalue weighted by molar-refractivity contribution is 6.30. The van der Waals surface area contributed by atoms with Gasteiger partial charge in [-0.15, -0.1) is 0 Å². The number of rotatable bonds is 6. The topological polar surface area (TPSA) is 48.2 Å². The third-order valence-electron chi connectivity index (χ3n) is 4.73. The number of hydrogen-bond acceptors (Lipinski definition) is 4. The molecule has 0 spiro atoms. The smallest absolute Gasteiger partial charge is 0.233 e. The highest BCUT2D eigenvalue weighted by atomic mass is 35.5. The van der Waals surface area contributed by atoms with Crippen LogP contribution in [0.1, 0.15) is 35.7 Å². The molecule has 1 aliphatic carbocycles. The lowest BCUT2D eigenvalue weighted by Gasteiger charge is -2.10. The number of halogens is 1. The molecule has 0 atom stereocenters. The molecular formula is C20H19ClN2O2. The molecule has 2 aromatic carbocycles. The summed E-state index contributed by atoms with van der Waals surface area (Å²) in [7, 11) is 1.66. The molecule has 0 radical (unpaired) electrons. The highest BCUT2D eigenvalue weighted by Gasteiger charge is 2.49. The monoisotopic (exact) mass is 354 g/mol. The van der Waals surface area contributed by atoms with E-state index in [4.69, 9.17) is 20.9 Å². The quantitative estimate of drug-likeness (QED) is 0.649. The van der Waals surface area contributed by atoms with E-state index in [2.05, 4.69) is 16.2 Å². The number of hydrogen-bond donors (Lipinski definition) is 0. The van der Waals surface area contributed by atoms with E-state index in [1.54, 1.807) is 7.11 Å². The fourth-order valence-corrected chi connectivity index (χ4v) is 3.33. The van der Waals surface area contributed by atoms with Crippen LogP contribution in [0.4, 0.5) is 0 Å². The molecule has 1 aromatic heterocycles. The van der Waals surface area contributed by atoms with Gasteiger partial charge in [-0.05, 0) is 54.7 Å². The molecule has 128 valence electrons. The van der Waals surface area contributed by atoms with E-state index in [-0.39, 0.29) is 5.41 Å². The van der Waals surface area contributed by atoms with E-state index in [0.717, 1.165) is 47.3 Å². The second-order valence-corrected chi connectivity index (χ2v) is 7.06. The van der Waals surface area contributed by atoms with Gasteiger partial charge in [0.15, 0.2) is 5.82 Å². The Hall–Kier alpha value is -2.33. The summed E-state index contributed by atoms with van der Waals surface area (Å²) in [5.41, 5.74) is 2.32. The van der Waals surface area contributed by atoms with Gasteiger partial charge < -0.3 is 9.26 Å². The molecule has 0 saturated heterocycles. The number of methoxy groups -OCH3 is 1. The summed E-state index contributed by atoms with van der Waals surface area (Å²) >= 11 is 6.10. The van der Waals surface area contributed by atoms with Gasteiger partial charge in [-0.25, -0.2) is 0 Å². The highest BCUT2D eigenvalue weighted by Crippen LogP contribution is 2.50. The van der Waals surface area contributed by atoms with Gasteiger partial charge in [-0.3, -0.25) is 0 Å². The lowest BCUT2D eigenvalue weighted by molar-refractivity contribution is 0.340. The molecule has 25 heavy (non-hydrogen) atoms. The predicted octanol–water partition coefficient (Wildman–Crippen LogP) is 4.60. The minimum absolute atomic E-state index is 0.0180. The van der Waals surface area contributed by atoms with E-state index in [0.29, 0.717) is 6.42 Å². The molecule has 0 bridgehead atoms. The van der Waals surface area contributed by atoms with Gasteiger partial charge in [0, 0.05) is 11.4 Å². The summed E-state index contributed by atoms with van der Waals surface area (Å²) < 4.78 is 10.8.